The molecule has 1 fully saturated rings. The first-order valence-electron chi connectivity index (χ1n) is 10.1. The quantitative estimate of drug-likeness (QED) is 0.793. The lowest BCUT2D eigenvalue weighted by molar-refractivity contribution is -0.135. The number of hydrogen-bond acceptors (Lipinski definition) is 3. The van der Waals surface area contributed by atoms with Gasteiger partial charge in [0.05, 0.1) is 11.3 Å². The van der Waals surface area contributed by atoms with Gasteiger partial charge in [-0.3, -0.25) is 14.4 Å². The van der Waals surface area contributed by atoms with Crippen LogP contribution >= 0.6 is 0 Å². The Kier molecular flexibility index (Phi) is 6.82. The van der Waals surface area contributed by atoms with E-state index in [2.05, 4.69) is 5.32 Å². The molecule has 2 aromatic rings. The first kappa shape index (κ1) is 21.5. The van der Waals surface area contributed by atoms with Gasteiger partial charge in [0.1, 0.15) is 12.4 Å². The van der Waals surface area contributed by atoms with E-state index in [1.54, 1.807) is 47.4 Å². The van der Waals surface area contributed by atoms with Gasteiger partial charge in [0.15, 0.2) is 0 Å². The number of piperazine rings is 1. The molecule has 0 aromatic heterocycles. The fourth-order valence-corrected chi connectivity index (χ4v) is 3.27. The number of rotatable bonds is 6. The highest BCUT2D eigenvalue weighted by Gasteiger charge is 2.29. The van der Waals surface area contributed by atoms with E-state index in [1.165, 1.54) is 11.0 Å². The molecule has 1 heterocycles. The van der Waals surface area contributed by atoms with Crippen molar-refractivity contribution in [3.05, 3.63) is 65.5 Å². The molecule has 158 valence electrons. The molecule has 0 radical (unpaired) electrons. The zero-order valence-electron chi connectivity index (χ0n) is 17.2. The normalized spacial score (nSPS) is 15.1. The van der Waals surface area contributed by atoms with E-state index in [0.29, 0.717) is 36.3 Å². The third-order valence-electron chi connectivity index (χ3n) is 5.40. The summed E-state index contributed by atoms with van der Waals surface area (Å²) in [6, 6.07) is 13.2. The van der Waals surface area contributed by atoms with Gasteiger partial charge in [0.2, 0.25) is 11.8 Å². The summed E-state index contributed by atoms with van der Waals surface area (Å²) in [6.07, 6.45) is 0.695. The molecule has 1 aliphatic rings. The van der Waals surface area contributed by atoms with Crippen LogP contribution in [0.2, 0.25) is 0 Å². The third kappa shape index (κ3) is 4.84. The van der Waals surface area contributed by atoms with Crippen molar-refractivity contribution < 1.29 is 18.8 Å². The number of anilines is 1. The molecular weight excluding hydrogens is 385 g/mol. The van der Waals surface area contributed by atoms with Crippen molar-refractivity contribution in [1.82, 2.24) is 9.80 Å². The van der Waals surface area contributed by atoms with E-state index in [4.69, 9.17) is 0 Å². The summed E-state index contributed by atoms with van der Waals surface area (Å²) < 4.78 is 13.9. The number of carbonyl (C=O) groups is 3. The Balaban J connectivity index is 1.68. The summed E-state index contributed by atoms with van der Waals surface area (Å²) >= 11 is 0. The molecule has 0 spiro atoms. The number of nitrogens with zero attached hydrogens (tertiary/aromatic N) is 2. The van der Waals surface area contributed by atoms with E-state index in [1.807, 2.05) is 13.8 Å². The zero-order valence-corrected chi connectivity index (χ0v) is 17.2. The van der Waals surface area contributed by atoms with Gasteiger partial charge in [-0.25, -0.2) is 4.39 Å². The van der Waals surface area contributed by atoms with Crippen molar-refractivity contribution in [2.45, 2.75) is 26.8 Å². The lowest BCUT2D eigenvalue weighted by Crippen LogP contribution is -2.52. The molecule has 1 saturated heterocycles. The third-order valence-corrected chi connectivity index (χ3v) is 5.40. The Morgan fingerprint density at radius 2 is 1.80 bits per heavy atom. The number of halogens is 1. The number of benzene rings is 2. The van der Waals surface area contributed by atoms with Crippen LogP contribution in [0.15, 0.2) is 48.5 Å². The average Bonchev–Trinajstić information content (AvgIpc) is 2.75. The summed E-state index contributed by atoms with van der Waals surface area (Å²) in [5.41, 5.74) is 1.24. The Bertz CT molecular complexity index is 947. The van der Waals surface area contributed by atoms with Crippen LogP contribution in [0, 0.1) is 11.7 Å². The minimum atomic E-state index is -0.352. The first-order valence-corrected chi connectivity index (χ1v) is 10.1. The highest BCUT2D eigenvalue weighted by atomic mass is 19.1. The fraction of sp³-hybridized carbons (Fsp3) is 0.348. The van der Waals surface area contributed by atoms with E-state index in [0.717, 1.165) is 0 Å². The average molecular weight is 411 g/mol. The van der Waals surface area contributed by atoms with Gasteiger partial charge in [0, 0.05) is 31.1 Å². The molecule has 2 aromatic carbocycles. The molecule has 30 heavy (non-hydrogen) atoms. The van der Waals surface area contributed by atoms with Gasteiger partial charge in [0.25, 0.3) is 5.91 Å². The Hall–Kier alpha value is -3.22. The second-order valence-corrected chi connectivity index (χ2v) is 7.48. The van der Waals surface area contributed by atoms with Crippen LogP contribution in [-0.4, -0.2) is 47.2 Å². The number of nitrogens with one attached hydrogen (secondary N) is 1. The van der Waals surface area contributed by atoms with Gasteiger partial charge >= 0.3 is 0 Å². The van der Waals surface area contributed by atoms with Crippen LogP contribution in [0.5, 0.6) is 0 Å². The Morgan fingerprint density at radius 3 is 2.50 bits per heavy atom. The van der Waals surface area contributed by atoms with Gasteiger partial charge in [-0.2, -0.15) is 0 Å². The molecule has 3 amide bonds. The maximum absolute atomic E-state index is 13.9. The summed E-state index contributed by atoms with van der Waals surface area (Å²) in [5.74, 6) is -1.22. The van der Waals surface area contributed by atoms with Gasteiger partial charge < -0.3 is 15.1 Å². The molecule has 0 bridgehead atoms. The van der Waals surface area contributed by atoms with Crippen LogP contribution in [0.1, 0.15) is 36.2 Å². The smallest absolute Gasteiger partial charge is 0.256 e. The predicted molar refractivity (Wildman–Crippen MR) is 112 cm³/mol. The highest BCUT2D eigenvalue weighted by molar-refractivity contribution is 6.05. The van der Waals surface area contributed by atoms with Crippen LogP contribution in [0.3, 0.4) is 0 Å². The van der Waals surface area contributed by atoms with Crippen molar-refractivity contribution in [1.29, 1.82) is 0 Å². The molecule has 6 nitrogen and oxygen atoms in total. The Labute approximate surface area is 175 Å². The largest absolute Gasteiger partial charge is 0.335 e. The summed E-state index contributed by atoms with van der Waals surface area (Å²) in [5, 5.41) is 2.82. The van der Waals surface area contributed by atoms with Crippen LogP contribution in [0.25, 0.3) is 0 Å². The van der Waals surface area contributed by atoms with Gasteiger partial charge in [-0.15, -0.1) is 0 Å². The SMILES string of the molecule is CCC(C)C(=O)Nc1ccccc1C(=O)N1CCN(Cc2ccccc2F)C(=O)C1. The first-order chi connectivity index (χ1) is 14.4. The minimum absolute atomic E-state index is 0.0824. The molecule has 7 heteroatoms. The maximum Gasteiger partial charge on any atom is 0.256 e. The molecule has 0 saturated carbocycles. The standard InChI is InChI=1S/C23H26FN3O3/c1-3-16(2)22(29)25-20-11-7-5-9-18(20)23(30)27-13-12-26(21(28)15-27)14-17-8-4-6-10-19(17)24/h4-11,16H,3,12-15H2,1-2H3,(H,25,29). The second-order valence-electron chi connectivity index (χ2n) is 7.48. The van der Waals surface area contributed by atoms with Crippen molar-refractivity contribution in [2.75, 3.05) is 25.0 Å². The minimum Gasteiger partial charge on any atom is -0.335 e. The molecule has 1 atom stereocenters. The number of hydrogen-bond donors (Lipinski definition) is 1. The summed E-state index contributed by atoms with van der Waals surface area (Å²) in [6.45, 7) is 4.50. The molecule has 1 N–H and O–H groups in total. The van der Waals surface area contributed by atoms with Crippen LogP contribution in [0.4, 0.5) is 10.1 Å². The topological polar surface area (TPSA) is 69.7 Å². The molecule has 0 aliphatic carbocycles. The predicted octanol–water partition coefficient (Wildman–Crippen LogP) is 3.29. The van der Waals surface area contributed by atoms with Crippen molar-refractivity contribution in [3.8, 4) is 0 Å². The summed E-state index contributed by atoms with van der Waals surface area (Å²) in [4.78, 5) is 40.9. The van der Waals surface area contributed by atoms with Gasteiger partial charge in [-0.1, -0.05) is 44.2 Å². The maximum atomic E-state index is 13.9. The van der Waals surface area contributed by atoms with Crippen LogP contribution in [-0.2, 0) is 16.1 Å². The number of amides is 3. The molecule has 1 unspecified atom stereocenters. The molecular formula is C23H26FN3O3. The lowest BCUT2D eigenvalue weighted by atomic mass is 10.1. The Morgan fingerprint density at radius 1 is 1.10 bits per heavy atom. The summed E-state index contributed by atoms with van der Waals surface area (Å²) in [7, 11) is 0. The second kappa shape index (κ2) is 9.52. The van der Waals surface area contributed by atoms with Crippen molar-refractivity contribution in [3.63, 3.8) is 0 Å². The number of carbonyl (C=O) groups excluding carboxylic acids is 3. The van der Waals surface area contributed by atoms with Gasteiger partial charge in [-0.05, 0) is 24.6 Å². The van der Waals surface area contributed by atoms with E-state index >= 15 is 0 Å². The highest BCUT2D eigenvalue weighted by Crippen LogP contribution is 2.21. The fourth-order valence-electron chi connectivity index (χ4n) is 3.27. The lowest BCUT2D eigenvalue weighted by Gasteiger charge is -2.34. The van der Waals surface area contributed by atoms with E-state index < -0.39 is 0 Å². The van der Waals surface area contributed by atoms with Crippen LogP contribution < -0.4 is 5.32 Å². The molecule has 1 aliphatic heterocycles. The molecule has 3 rings (SSSR count). The van der Waals surface area contributed by atoms with E-state index in [-0.39, 0.29) is 42.5 Å². The zero-order chi connectivity index (χ0) is 21.7. The van der Waals surface area contributed by atoms with Crippen molar-refractivity contribution in [2.24, 2.45) is 5.92 Å². The number of para-hydroxylation sites is 1. The van der Waals surface area contributed by atoms with E-state index in [9.17, 15) is 18.8 Å². The van der Waals surface area contributed by atoms with Crippen molar-refractivity contribution >= 4 is 23.4 Å². The monoisotopic (exact) mass is 411 g/mol.